The molecule has 0 bridgehead atoms. The zero-order valence-corrected chi connectivity index (χ0v) is 12.5. The summed E-state index contributed by atoms with van der Waals surface area (Å²) < 4.78 is 11.5. The summed E-state index contributed by atoms with van der Waals surface area (Å²) in [6, 6.07) is 14.1. The Bertz CT molecular complexity index is 541. The van der Waals surface area contributed by atoms with E-state index in [-0.39, 0.29) is 0 Å². The topological polar surface area (TPSA) is 18.5 Å². The highest BCUT2D eigenvalue weighted by Crippen LogP contribution is 2.22. The second-order valence-corrected chi connectivity index (χ2v) is 4.98. The molecule has 0 amide bonds. The third kappa shape index (κ3) is 3.77. The number of hydrogen-bond donors (Lipinski definition) is 0. The van der Waals surface area contributed by atoms with Crippen LogP contribution in [0, 0.1) is 13.8 Å². The summed E-state index contributed by atoms with van der Waals surface area (Å²) in [5.74, 6) is 1.71. The maximum atomic E-state index is 5.89. The summed E-state index contributed by atoms with van der Waals surface area (Å²) in [4.78, 5) is 0. The number of rotatable bonds is 6. The Morgan fingerprint density at radius 2 is 1.45 bits per heavy atom. The fraction of sp³-hybridized carbons (Fsp3) is 0.333. The Hall–Kier alpha value is -1.96. The molecule has 0 aromatic heterocycles. The lowest BCUT2D eigenvalue weighted by Crippen LogP contribution is -2.01. The first-order valence-corrected chi connectivity index (χ1v) is 7.11. The highest BCUT2D eigenvalue weighted by molar-refractivity contribution is 5.35. The molecule has 0 heterocycles. The van der Waals surface area contributed by atoms with E-state index in [0.29, 0.717) is 6.61 Å². The van der Waals surface area contributed by atoms with E-state index < -0.39 is 0 Å². The van der Waals surface area contributed by atoms with Crippen LogP contribution >= 0.6 is 0 Å². The van der Waals surface area contributed by atoms with Crippen LogP contribution in [0.15, 0.2) is 42.5 Å². The van der Waals surface area contributed by atoms with Gasteiger partial charge < -0.3 is 9.47 Å². The highest BCUT2D eigenvalue weighted by Gasteiger charge is 2.04. The lowest BCUT2D eigenvalue weighted by molar-refractivity contribution is 0.294. The third-order valence-corrected chi connectivity index (χ3v) is 3.31. The van der Waals surface area contributed by atoms with Gasteiger partial charge in [-0.25, -0.2) is 0 Å². The Morgan fingerprint density at radius 3 is 2.10 bits per heavy atom. The molecule has 2 heteroatoms. The van der Waals surface area contributed by atoms with Gasteiger partial charge in [0, 0.05) is 6.07 Å². The van der Waals surface area contributed by atoms with Crippen molar-refractivity contribution in [2.75, 3.05) is 6.61 Å². The van der Waals surface area contributed by atoms with Gasteiger partial charge in [-0.1, -0.05) is 31.2 Å². The molecule has 0 atom stereocenters. The molecule has 0 aliphatic heterocycles. The molecule has 2 rings (SSSR count). The SMILES string of the molecule is CCCOc1cccc(OCc2c(C)cccc2C)c1. The normalized spacial score (nSPS) is 10.3. The van der Waals surface area contributed by atoms with Crippen molar-refractivity contribution >= 4 is 0 Å². The average Bonchev–Trinajstić information content (AvgIpc) is 2.45. The number of aryl methyl sites for hydroxylation is 2. The Balaban J connectivity index is 2.03. The van der Waals surface area contributed by atoms with Gasteiger partial charge in [-0.3, -0.25) is 0 Å². The van der Waals surface area contributed by atoms with E-state index in [1.165, 1.54) is 16.7 Å². The van der Waals surface area contributed by atoms with Crippen LogP contribution in [-0.2, 0) is 6.61 Å². The van der Waals surface area contributed by atoms with E-state index in [9.17, 15) is 0 Å². The molecular weight excluding hydrogens is 248 g/mol. The molecule has 20 heavy (non-hydrogen) atoms. The van der Waals surface area contributed by atoms with E-state index >= 15 is 0 Å². The Morgan fingerprint density at radius 1 is 0.850 bits per heavy atom. The monoisotopic (exact) mass is 270 g/mol. The van der Waals surface area contributed by atoms with Crippen molar-refractivity contribution in [3.63, 3.8) is 0 Å². The van der Waals surface area contributed by atoms with E-state index in [1.807, 2.05) is 24.3 Å². The van der Waals surface area contributed by atoms with Crippen LogP contribution in [0.3, 0.4) is 0 Å². The average molecular weight is 270 g/mol. The van der Waals surface area contributed by atoms with Crippen LogP contribution < -0.4 is 9.47 Å². The quantitative estimate of drug-likeness (QED) is 0.759. The van der Waals surface area contributed by atoms with Crippen molar-refractivity contribution in [2.45, 2.75) is 33.8 Å². The minimum Gasteiger partial charge on any atom is -0.493 e. The largest absolute Gasteiger partial charge is 0.493 e. The van der Waals surface area contributed by atoms with Crippen molar-refractivity contribution in [1.29, 1.82) is 0 Å². The Labute approximate surface area is 121 Å². The molecule has 0 spiro atoms. The summed E-state index contributed by atoms with van der Waals surface area (Å²) in [6.07, 6.45) is 1.01. The van der Waals surface area contributed by atoms with Gasteiger partial charge in [0.2, 0.25) is 0 Å². The van der Waals surface area contributed by atoms with Crippen molar-refractivity contribution in [2.24, 2.45) is 0 Å². The zero-order valence-electron chi connectivity index (χ0n) is 12.5. The molecule has 2 aromatic rings. The second-order valence-electron chi connectivity index (χ2n) is 4.98. The van der Waals surface area contributed by atoms with E-state index in [0.717, 1.165) is 24.5 Å². The predicted molar refractivity (Wildman–Crippen MR) is 82.5 cm³/mol. The van der Waals surface area contributed by atoms with Gasteiger partial charge in [0.1, 0.15) is 18.1 Å². The minimum absolute atomic E-state index is 0.593. The van der Waals surface area contributed by atoms with Crippen LogP contribution in [0.5, 0.6) is 11.5 Å². The smallest absolute Gasteiger partial charge is 0.123 e. The molecule has 106 valence electrons. The Kier molecular flexibility index (Phi) is 5.05. The second kappa shape index (κ2) is 6.99. The first kappa shape index (κ1) is 14.4. The van der Waals surface area contributed by atoms with Crippen LogP contribution in [0.2, 0.25) is 0 Å². The van der Waals surface area contributed by atoms with Gasteiger partial charge in [-0.2, -0.15) is 0 Å². The lowest BCUT2D eigenvalue weighted by Gasteiger charge is -2.12. The number of ether oxygens (including phenoxy) is 2. The van der Waals surface area contributed by atoms with Crippen LogP contribution in [0.25, 0.3) is 0 Å². The molecule has 0 fully saturated rings. The molecule has 0 saturated heterocycles. The molecule has 2 aromatic carbocycles. The molecule has 0 aliphatic rings. The summed E-state index contributed by atoms with van der Waals surface area (Å²) in [7, 11) is 0. The van der Waals surface area contributed by atoms with Gasteiger partial charge in [0.25, 0.3) is 0 Å². The van der Waals surface area contributed by atoms with Gasteiger partial charge in [0.15, 0.2) is 0 Å². The zero-order chi connectivity index (χ0) is 14.4. The maximum absolute atomic E-state index is 5.89. The molecule has 0 N–H and O–H groups in total. The molecule has 0 saturated carbocycles. The van der Waals surface area contributed by atoms with Crippen LogP contribution in [-0.4, -0.2) is 6.61 Å². The fourth-order valence-corrected chi connectivity index (χ4v) is 2.11. The fourth-order valence-electron chi connectivity index (χ4n) is 2.11. The molecule has 2 nitrogen and oxygen atoms in total. The van der Waals surface area contributed by atoms with Crippen LogP contribution in [0.1, 0.15) is 30.0 Å². The van der Waals surface area contributed by atoms with Crippen molar-refractivity contribution in [3.8, 4) is 11.5 Å². The van der Waals surface area contributed by atoms with Gasteiger partial charge in [0.05, 0.1) is 6.61 Å². The van der Waals surface area contributed by atoms with Crippen molar-refractivity contribution < 1.29 is 9.47 Å². The molecule has 0 radical (unpaired) electrons. The van der Waals surface area contributed by atoms with Crippen molar-refractivity contribution in [1.82, 2.24) is 0 Å². The maximum Gasteiger partial charge on any atom is 0.123 e. The van der Waals surface area contributed by atoms with E-state index in [2.05, 4.69) is 39.0 Å². The predicted octanol–water partition coefficient (Wildman–Crippen LogP) is 4.67. The summed E-state index contributed by atoms with van der Waals surface area (Å²) in [5, 5.41) is 0. The van der Waals surface area contributed by atoms with Gasteiger partial charge in [-0.15, -0.1) is 0 Å². The summed E-state index contributed by atoms with van der Waals surface area (Å²) in [6.45, 7) is 7.66. The first-order valence-electron chi connectivity index (χ1n) is 7.11. The molecule has 0 unspecified atom stereocenters. The number of benzene rings is 2. The molecule has 0 aliphatic carbocycles. The van der Waals surface area contributed by atoms with Crippen LogP contribution in [0.4, 0.5) is 0 Å². The van der Waals surface area contributed by atoms with E-state index in [1.54, 1.807) is 0 Å². The lowest BCUT2D eigenvalue weighted by atomic mass is 10.0. The van der Waals surface area contributed by atoms with Gasteiger partial charge >= 0.3 is 0 Å². The van der Waals surface area contributed by atoms with Gasteiger partial charge in [-0.05, 0) is 49.1 Å². The standard InChI is InChI=1S/C18H22O2/c1-4-11-19-16-9-6-10-17(12-16)20-13-18-14(2)7-5-8-15(18)3/h5-10,12H,4,11,13H2,1-3H3. The third-order valence-electron chi connectivity index (χ3n) is 3.31. The van der Waals surface area contributed by atoms with Crippen molar-refractivity contribution in [3.05, 3.63) is 59.2 Å². The first-order chi connectivity index (χ1) is 9.70. The molecular formula is C18H22O2. The summed E-state index contributed by atoms with van der Waals surface area (Å²) in [5.41, 5.74) is 3.79. The number of hydrogen-bond acceptors (Lipinski definition) is 2. The van der Waals surface area contributed by atoms with E-state index in [4.69, 9.17) is 9.47 Å². The minimum atomic E-state index is 0.593. The highest BCUT2D eigenvalue weighted by atomic mass is 16.5. The summed E-state index contributed by atoms with van der Waals surface area (Å²) >= 11 is 0.